The molecule has 0 saturated heterocycles. The van der Waals surface area contributed by atoms with Crippen molar-refractivity contribution in [3.8, 4) is 0 Å². The van der Waals surface area contributed by atoms with E-state index >= 15 is 0 Å². The summed E-state index contributed by atoms with van der Waals surface area (Å²) >= 11 is 0. The van der Waals surface area contributed by atoms with Gasteiger partial charge in [0.2, 0.25) is 0 Å². The van der Waals surface area contributed by atoms with Crippen LogP contribution in [0.4, 0.5) is 0 Å². The standard InChI is InChI=1S/C24H46O4/c1-5-8-10-11-12-13-14-15-16-18-21(25)19-23(26)22(7-3)24(27)28-20(4)17-9-6-2/h20-22,25H,5-19H2,1-4H3/t20?,21-,22?/m1/s1. The van der Waals surface area contributed by atoms with Gasteiger partial charge in [0.05, 0.1) is 12.2 Å². The van der Waals surface area contributed by atoms with Gasteiger partial charge in [0.1, 0.15) is 11.7 Å². The zero-order valence-electron chi connectivity index (χ0n) is 19.0. The van der Waals surface area contributed by atoms with Crippen molar-refractivity contribution >= 4 is 11.8 Å². The molecule has 0 radical (unpaired) electrons. The lowest BCUT2D eigenvalue weighted by atomic mass is 9.94. The second kappa shape index (κ2) is 18.1. The fraction of sp³-hybridized carbons (Fsp3) is 0.917. The predicted octanol–water partition coefficient (Wildman–Crippen LogP) is 6.38. The van der Waals surface area contributed by atoms with Gasteiger partial charge in [-0.3, -0.25) is 9.59 Å². The van der Waals surface area contributed by atoms with Crippen LogP contribution in [0.25, 0.3) is 0 Å². The molecule has 0 saturated carbocycles. The Balaban J connectivity index is 3.98. The maximum Gasteiger partial charge on any atom is 0.316 e. The van der Waals surface area contributed by atoms with E-state index in [1.165, 1.54) is 44.9 Å². The van der Waals surface area contributed by atoms with Gasteiger partial charge in [0, 0.05) is 6.42 Å². The number of rotatable bonds is 19. The van der Waals surface area contributed by atoms with Crippen LogP contribution in [0.3, 0.4) is 0 Å². The number of hydrogen-bond acceptors (Lipinski definition) is 4. The molecule has 0 aromatic carbocycles. The summed E-state index contributed by atoms with van der Waals surface area (Å²) in [6, 6.07) is 0. The molecule has 166 valence electrons. The minimum atomic E-state index is -0.734. The molecule has 0 aliphatic heterocycles. The van der Waals surface area contributed by atoms with Crippen molar-refractivity contribution in [1.29, 1.82) is 0 Å². The second-order valence-corrected chi connectivity index (χ2v) is 8.29. The van der Waals surface area contributed by atoms with Gasteiger partial charge in [-0.1, -0.05) is 91.4 Å². The molecule has 0 aromatic heterocycles. The maximum absolute atomic E-state index is 12.4. The van der Waals surface area contributed by atoms with E-state index in [2.05, 4.69) is 13.8 Å². The van der Waals surface area contributed by atoms with E-state index in [1.54, 1.807) is 0 Å². The van der Waals surface area contributed by atoms with Crippen LogP contribution >= 0.6 is 0 Å². The number of Topliss-reactive ketones (excluding diaryl/α,β-unsaturated/α-hetero) is 1. The summed E-state index contributed by atoms with van der Waals surface area (Å²) in [7, 11) is 0. The van der Waals surface area contributed by atoms with Crippen LogP contribution in [0.2, 0.25) is 0 Å². The zero-order chi connectivity index (χ0) is 21.2. The molecule has 3 atom stereocenters. The van der Waals surface area contributed by atoms with Crippen molar-refractivity contribution in [3.05, 3.63) is 0 Å². The Hall–Kier alpha value is -0.900. The summed E-state index contributed by atoms with van der Waals surface area (Å²) in [5.41, 5.74) is 0. The number of ether oxygens (including phenoxy) is 1. The number of carbonyl (C=O) groups is 2. The quantitative estimate of drug-likeness (QED) is 0.156. The number of aliphatic hydroxyl groups is 1. The minimum absolute atomic E-state index is 0.0635. The van der Waals surface area contributed by atoms with Gasteiger partial charge >= 0.3 is 5.97 Å². The van der Waals surface area contributed by atoms with Crippen molar-refractivity contribution in [2.75, 3.05) is 0 Å². The summed E-state index contributed by atoms with van der Waals surface area (Å²) in [5.74, 6) is -1.34. The number of hydrogen-bond donors (Lipinski definition) is 1. The minimum Gasteiger partial charge on any atom is -0.462 e. The molecule has 0 aromatic rings. The molecule has 0 rings (SSSR count). The van der Waals surface area contributed by atoms with Crippen molar-refractivity contribution in [3.63, 3.8) is 0 Å². The fourth-order valence-corrected chi connectivity index (χ4v) is 3.52. The first-order chi connectivity index (χ1) is 13.5. The third-order valence-corrected chi connectivity index (χ3v) is 5.44. The van der Waals surface area contributed by atoms with Crippen molar-refractivity contribution in [2.24, 2.45) is 5.92 Å². The first kappa shape index (κ1) is 27.1. The van der Waals surface area contributed by atoms with Crippen LogP contribution in [0, 0.1) is 5.92 Å². The fourth-order valence-electron chi connectivity index (χ4n) is 3.52. The van der Waals surface area contributed by atoms with E-state index in [1.807, 2.05) is 13.8 Å². The average Bonchev–Trinajstić information content (AvgIpc) is 2.65. The molecular weight excluding hydrogens is 352 g/mol. The molecule has 0 aliphatic carbocycles. The number of esters is 1. The highest BCUT2D eigenvalue weighted by Crippen LogP contribution is 2.17. The molecular formula is C24H46O4. The summed E-state index contributed by atoms with van der Waals surface area (Å²) in [6.45, 7) is 8.04. The molecule has 0 aliphatic rings. The molecule has 2 unspecified atom stereocenters. The van der Waals surface area contributed by atoms with Crippen LogP contribution in [0.5, 0.6) is 0 Å². The Morgan fingerprint density at radius 3 is 1.86 bits per heavy atom. The molecule has 0 spiro atoms. The van der Waals surface area contributed by atoms with Gasteiger partial charge in [0.15, 0.2) is 0 Å². The first-order valence-corrected chi connectivity index (χ1v) is 11.9. The SMILES string of the molecule is CCCCCCCCCCC[C@@H](O)CC(=O)C(CC)C(=O)OC(C)CCCC. The van der Waals surface area contributed by atoms with Crippen LogP contribution in [0.15, 0.2) is 0 Å². The van der Waals surface area contributed by atoms with Gasteiger partial charge in [-0.15, -0.1) is 0 Å². The normalized spacial score (nSPS) is 14.5. The van der Waals surface area contributed by atoms with Crippen LogP contribution in [0.1, 0.15) is 124 Å². The monoisotopic (exact) mass is 398 g/mol. The van der Waals surface area contributed by atoms with Gasteiger partial charge in [0.25, 0.3) is 0 Å². The highest BCUT2D eigenvalue weighted by molar-refractivity contribution is 5.99. The molecule has 1 N–H and O–H groups in total. The largest absolute Gasteiger partial charge is 0.462 e. The van der Waals surface area contributed by atoms with Crippen molar-refractivity contribution in [1.82, 2.24) is 0 Å². The van der Waals surface area contributed by atoms with Crippen molar-refractivity contribution in [2.45, 2.75) is 136 Å². The number of ketones is 1. The van der Waals surface area contributed by atoms with Crippen molar-refractivity contribution < 1.29 is 19.4 Å². The second-order valence-electron chi connectivity index (χ2n) is 8.29. The van der Waals surface area contributed by atoms with E-state index in [0.717, 1.165) is 32.1 Å². The van der Waals surface area contributed by atoms with E-state index in [9.17, 15) is 14.7 Å². The Bertz CT molecular complexity index is 394. The van der Waals surface area contributed by atoms with Gasteiger partial charge in [-0.25, -0.2) is 0 Å². The first-order valence-electron chi connectivity index (χ1n) is 11.9. The molecule has 0 amide bonds. The van der Waals surface area contributed by atoms with Crippen LogP contribution in [-0.4, -0.2) is 29.1 Å². The van der Waals surface area contributed by atoms with Crippen LogP contribution < -0.4 is 0 Å². The predicted molar refractivity (Wildman–Crippen MR) is 116 cm³/mol. The molecule has 4 heteroatoms. The Kier molecular flexibility index (Phi) is 17.6. The molecule has 0 heterocycles. The maximum atomic E-state index is 12.4. The molecule has 0 bridgehead atoms. The third kappa shape index (κ3) is 14.1. The van der Waals surface area contributed by atoms with E-state index in [4.69, 9.17) is 4.74 Å². The summed E-state index contributed by atoms with van der Waals surface area (Å²) < 4.78 is 5.43. The lowest BCUT2D eigenvalue weighted by Crippen LogP contribution is -2.30. The summed E-state index contributed by atoms with van der Waals surface area (Å²) in [4.78, 5) is 24.7. The summed E-state index contributed by atoms with van der Waals surface area (Å²) in [5, 5.41) is 10.2. The highest BCUT2D eigenvalue weighted by Gasteiger charge is 2.28. The van der Waals surface area contributed by atoms with E-state index in [0.29, 0.717) is 12.8 Å². The Morgan fingerprint density at radius 1 is 0.786 bits per heavy atom. The lowest BCUT2D eigenvalue weighted by Gasteiger charge is -2.19. The smallest absolute Gasteiger partial charge is 0.316 e. The van der Waals surface area contributed by atoms with Gasteiger partial charge < -0.3 is 9.84 Å². The third-order valence-electron chi connectivity index (χ3n) is 5.44. The number of carbonyl (C=O) groups excluding carboxylic acids is 2. The Labute approximate surface area is 173 Å². The molecule has 28 heavy (non-hydrogen) atoms. The molecule has 0 fully saturated rings. The van der Waals surface area contributed by atoms with Gasteiger partial charge in [-0.05, 0) is 26.2 Å². The topological polar surface area (TPSA) is 63.6 Å². The zero-order valence-corrected chi connectivity index (χ0v) is 19.0. The van der Waals surface area contributed by atoms with Crippen LogP contribution in [-0.2, 0) is 14.3 Å². The highest BCUT2D eigenvalue weighted by atomic mass is 16.5. The average molecular weight is 399 g/mol. The van der Waals surface area contributed by atoms with E-state index < -0.39 is 18.0 Å². The van der Waals surface area contributed by atoms with Gasteiger partial charge in [-0.2, -0.15) is 0 Å². The lowest BCUT2D eigenvalue weighted by molar-refractivity contribution is -0.156. The number of unbranched alkanes of at least 4 members (excludes halogenated alkanes) is 9. The number of aliphatic hydroxyl groups excluding tert-OH is 1. The Morgan fingerprint density at radius 2 is 1.32 bits per heavy atom. The summed E-state index contributed by atoms with van der Waals surface area (Å²) in [6.07, 6.45) is 14.3. The molecule has 4 nitrogen and oxygen atoms in total. The van der Waals surface area contributed by atoms with E-state index in [-0.39, 0.29) is 18.3 Å².